The summed E-state index contributed by atoms with van der Waals surface area (Å²) in [6, 6.07) is 19.5. The third-order valence-electron chi connectivity index (χ3n) is 9.02. The molecule has 0 aliphatic carbocycles. The van der Waals surface area contributed by atoms with Crippen LogP contribution in [-0.2, 0) is 22.4 Å². The first-order valence-corrected chi connectivity index (χ1v) is 16.6. The molecule has 7 heteroatoms. The first-order chi connectivity index (χ1) is 18.0. The van der Waals surface area contributed by atoms with Crippen LogP contribution in [0, 0.1) is 5.82 Å². The number of piperidine rings is 1. The van der Waals surface area contributed by atoms with Gasteiger partial charge in [-0.3, -0.25) is 9.69 Å². The number of hydrogen-bond acceptors (Lipinski definition) is 4. The maximum absolute atomic E-state index is 13.5. The number of hydrogen-bond donors (Lipinski definition) is 1. The van der Waals surface area contributed by atoms with Crippen molar-refractivity contribution in [1.29, 1.82) is 0 Å². The standard InChI is InChI=1S/C31H40FN3O2Si/c1-30(2,3)38(4,5)37-21-25-11-7-9-23-8-6-10-24(28(23)25)20-34-18-16-31(17-19-34)29(36)33-22-35(31)27-14-12-26(32)13-15-27/h6-15H,16-22H2,1-5H3,(H,33,36). The van der Waals surface area contributed by atoms with Crippen LogP contribution in [0.4, 0.5) is 10.1 Å². The highest BCUT2D eigenvalue weighted by atomic mass is 28.4. The van der Waals surface area contributed by atoms with E-state index in [9.17, 15) is 9.18 Å². The van der Waals surface area contributed by atoms with Crippen molar-refractivity contribution in [2.75, 3.05) is 24.7 Å². The van der Waals surface area contributed by atoms with Crippen molar-refractivity contribution in [2.24, 2.45) is 0 Å². The number of carbonyl (C=O) groups excluding carboxylic acids is 1. The van der Waals surface area contributed by atoms with Gasteiger partial charge in [-0.1, -0.05) is 57.2 Å². The van der Waals surface area contributed by atoms with Crippen LogP contribution in [0.2, 0.25) is 18.1 Å². The molecule has 0 unspecified atom stereocenters. The molecular weight excluding hydrogens is 493 g/mol. The van der Waals surface area contributed by atoms with Crippen LogP contribution in [0.1, 0.15) is 44.7 Å². The molecule has 5 rings (SSSR count). The minimum absolute atomic E-state index is 0.0803. The number of anilines is 1. The molecule has 1 N–H and O–H groups in total. The molecule has 1 spiro atoms. The van der Waals surface area contributed by atoms with Crippen molar-refractivity contribution in [3.63, 3.8) is 0 Å². The lowest BCUT2D eigenvalue weighted by molar-refractivity contribution is -0.125. The van der Waals surface area contributed by atoms with Gasteiger partial charge in [-0.05, 0) is 77.1 Å². The zero-order chi connectivity index (χ0) is 27.1. The van der Waals surface area contributed by atoms with E-state index >= 15 is 0 Å². The molecule has 2 heterocycles. The fraction of sp³-hybridized carbons (Fsp3) is 0.452. The molecular formula is C31H40FN3O2Si. The van der Waals surface area contributed by atoms with E-state index in [1.165, 1.54) is 34.0 Å². The summed E-state index contributed by atoms with van der Waals surface area (Å²) >= 11 is 0. The fourth-order valence-electron chi connectivity index (χ4n) is 5.60. The van der Waals surface area contributed by atoms with Gasteiger partial charge in [0.15, 0.2) is 8.32 Å². The van der Waals surface area contributed by atoms with Gasteiger partial charge in [0.05, 0.1) is 13.3 Å². The Kier molecular flexibility index (Phi) is 7.13. The van der Waals surface area contributed by atoms with Crippen LogP contribution in [0.15, 0.2) is 60.7 Å². The van der Waals surface area contributed by atoms with E-state index in [1.807, 2.05) is 0 Å². The van der Waals surface area contributed by atoms with Crippen LogP contribution in [0.3, 0.4) is 0 Å². The van der Waals surface area contributed by atoms with Crippen LogP contribution in [0.5, 0.6) is 0 Å². The number of halogens is 1. The molecule has 0 radical (unpaired) electrons. The Bertz CT molecular complexity index is 1310. The van der Waals surface area contributed by atoms with E-state index in [-0.39, 0.29) is 16.8 Å². The predicted molar refractivity (Wildman–Crippen MR) is 155 cm³/mol. The van der Waals surface area contributed by atoms with Gasteiger partial charge in [0.25, 0.3) is 0 Å². The van der Waals surface area contributed by atoms with Gasteiger partial charge in [0.1, 0.15) is 11.4 Å². The number of fused-ring (bicyclic) bond motifs is 1. The molecule has 0 aromatic heterocycles. The van der Waals surface area contributed by atoms with Gasteiger partial charge in [-0.2, -0.15) is 0 Å². The molecule has 2 saturated heterocycles. The highest BCUT2D eigenvalue weighted by Crippen LogP contribution is 2.39. The van der Waals surface area contributed by atoms with Crippen molar-refractivity contribution in [3.8, 4) is 0 Å². The molecule has 0 saturated carbocycles. The maximum atomic E-state index is 13.5. The largest absolute Gasteiger partial charge is 0.413 e. The summed E-state index contributed by atoms with van der Waals surface area (Å²) in [5.41, 5.74) is 2.86. The van der Waals surface area contributed by atoms with E-state index in [0.717, 1.165) is 38.2 Å². The van der Waals surface area contributed by atoms with Crippen LogP contribution in [0.25, 0.3) is 10.8 Å². The highest BCUT2D eigenvalue weighted by Gasteiger charge is 2.50. The molecule has 3 aromatic carbocycles. The summed E-state index contributed by atoms with van der Waals surface area (Å²) in [7, 11) is -1.87. The van der Waals surface area contributed by atoms with Crippen LogP contribution >= 0.6 is 0 Å². The monoisotopic (exact) mass is 533 g/mol. The summed E-state index contributed by atoms with van der Waals surface area (Å²) in [6.07, 6.45) is 1.48. The summed E-state index contributed by atoms with van der Waals surface area (Å²) in [4.78, 5) is 17.6. The number of carbonyl (C=O) groups is 1. The van der Waals surface area contributed by atoms with E-state index in [0.29, 0.717) is 13.3 Å². The molecule has 0 bridgehead atoms. The minimum Gasteiger partial charge on any atom is -0.413 e. The summed E-state index contributed by atoms with van der Waals surface area (Å²) in [5, 5.41) is 5.74. The molecule has 2 aliphatic rings. The molecule has 2 fully saturated rings. The average molecular weight is 534 g/mol. The topological polar surface area (TPSA) is 44.8 Å². The normalized spacial score (nSPS) is 18.4. The van der Waals surface area contributed by atoms with Gasteiger partial charge in [-0.25, -0.2) is 4.39 Å². The Balaban J connectivity index is 1.34. The van der Waals surface area contributed by atoms with Gasteiger partial charge >= 0.3 is 0 Å². The molecule has 3 aromatic rings. The lowest BCUT2D eigenvalue weighted by Crippen LogP contribution is -2.56. The summed E-state index contributed by atoms with van der Waals surface area (Å²) < 4.78 is 20.1. The smallest absolute Gasteiger partial charge is 0.247 e. The fourth-order valence-corrected chi connectivity index (χ4v) is 6.55. The Hall–Kier alpha value is -2.74. The molecule has 38 heavy (non-hydrogen) atoms. The van der Waals surface area contributed by atoms with E-state index in [4.69, 9.17) is 4.43 Å². The second kappa shape index (κ2) is 10.1. The van der Waals surface area contributed by atoms with E-state index < -0.39 is 13.9 Å². The lowest BCUT2D eigenvalue weighted by Gasteiger charge is -2.43. The maximum Gasteiger partial charge on any atom is 0.247 e. The quantitative estimate of drug-likeness (QED) is 0.371. The van der Waals surface area contributed by atoms with Crippen molar-refractivity contribution in [3.05, 3.63) is 77.6 Å². The Morgan fingerprint density at radius 1 is 0.974 bits per heavy atom. The van der Waals surface area contributed by atoms with Crippen molar-refractivity contribution < 1.29 is 13.6 Å². The first kappa shape index (κ1) is 26.8. The third-order valence-corrected chi connectivity index (χ3v) is 13.5. The number of nitrogens with one attached hydrogen (secondary N) is 1. The average Bonchev–Trinajstić information content (AvgIpc) is 3.19. The Labute approximate surface area is 227 Å². The van der Waals surface area contributed by atoms with E-state index in [1.54, 1.807) is 12.1 Å². The van der Waals surface area contributed by atoms with Crippen LogP contribution in [-0.4, -0.2) is 44.4 Å². The number of amides is 1. The first-order valence-electron chi connectivity index (χ1n) is 13.7. The Morgan fingerprint density at radius 2 is 1.61 bits per heavy atom. The molecule has 5 nitrogen and oxygen atoms in total. The third kappa shape index (κ3) is 4.99. The summed E-state index contributed by atoms with van der Waals surface area (Å²) in [5.74, 6) is -0.183. The number of nitrogens with zero attached hydrogens (tertiary/aromatic N) is 2. The van der Waals surface area contributed by atoms with E-state index in [2.05, 4.69) is 85.4 Å². The summed E-state index contributed by atoms with van der Waals surface area (Å²) in [6.45, 7) is 15.0. The van der Waals surface area contributed by atoms with Gasteiger partial charge in [0, 0.05) is 25.3 Å². The van der Waals surface area contributed by atoms with Crippen molar-refractivity contribution >= 4 is 30.7 Å². The SMILES string of the molecule is CC(C)(C)[Si](C)(C)OCc1cccc2cccc(CN3CCC4(CC3)C(=O)NCN4c3ccc(F)cc3)c12. The second-order valence-corrected chi connectivity index (χ2v) is 17.2. The number of rotatable bonds is 6. The van der Waals surface area contributed by atoms with Crippen molar-refractivity contribution in [1.82, 2.24) is 10.2 Å². The van der Waals surface area contributed by atoms with Gasteiger partial charge < -0.3 is 14.6 Å². The van der Waals surface area contributed by atoms with Gasteiger partial charge in [-0.15, -0.1) is 0 Å². The molecule has 0 atom stereocenters. The molecule has 202 valence electrons. The van der Waals surface area contributed by atoms with Crippen molar-refractivity contribution in [2.45, 2.75) is 70.4 Å². The zero-order valence-electron chi connectivity index (χ0n) is 23.3. The predicted octanol–water partition coefficient (Wildman–Crippen LogP) is 6.43. The molecule has 1 amide bonds. The Morgan fingerprint density at radius 3 is 2.24 bits per heavy atom. The van der Waals surface area contributed by atoms with Crippen LogP contribution < -0.4 is 10.2 Å². The zero-order valence-corrected chi connectivity index (χ0v) is 24.3. The second-order valence-electron chi connectivity index (χ2n) is 12.4. The highest BCUT2D eigenvalue weighted by molar-refractivity contribution is 6.74. The minimum atomic E-state index is -1.87. The number of benzene rings is 3. The molecule has 2 aliphatic heterocycles. The number of likely N-dealkylation sites (tertiary alicyclic amines) is 1. The van der Waals surface area contributed by atoms with Gasteiger partial charge in [0.2, 0.25) is 5.91 Å². The lowest BCUT2D eigenvalue weighted by atomic mass is 9.85.